The normalized spacial score (nSPS) is 23.9. The SMILES string of the molecule is CCc1ccsc1CN1CCCNC2(CCCCC2)C1. The Labute approximate surface area is 127 Å². The zero-order chi connectivity index (χ0) is 13.8. The van der Waals surface area contributed by atoms with Gasteiger partial charge in [0.2, 0.25) is 0 Å². The van der Waals surface area contributed by atoms with E-state index in [0.29, 0.717) is 5.54 Å². The van der Waals surface area contributed by atoms with Crippen LogP contribution < -0.4 is 5.32 Å². The van der Waals surface area contributed by atoms with Crippen LogP contribution in [0.1, 0.15) is 55.9 Å². The maximum atomic E-state index is 3.90. The quantitative estimate of drug-likeness (QED) is 0.911. The molecule has 1 spiro atoms. The third-order valence-corrected chi connectivity index (χ3v) is 6.02. The van der Waals surface area contributed by atoms with E-state index in [1.807, 2.05) is 11.3 Å². The lowest BCUT2D eigenvalue weighted by atomic mass is 9.81. The van der Waals surface area contributed by atoms with Crippen molar-refractivity contribution in [2.24, 2.45) is 0 Å². The maximum Gasteiger partial charge on any atom is 0.0331 e. The van der Waals surface area contributed by atoms with Gasteiger partial charge in [0.25, 0.3) is 0 Å². The zero-order valence-corrected chi connectivity index (χ0v) is 13.6. The lowest BCUT2D eigenvalue weighted by Gasteiger charge is -2.40. The van der Waals surface area contributed by atoms with Gasteiger partial charge in [0.05, 0.1) is 0 Å². The monoisotopic (exact) mass is 292 g/mol. The third kappa shape index (κ3) is 3.26. The molecule has 1 saturated heterocycles. The highest BCUT2D eigenvalue weighted by Crippen LogP contribution is 2.31. The summed E-state index contributed by atoms with van der Waals surface area (Å²) in [5.41, 5.74) is 1.99. The van der Waals surface area contributed by atoms with E-state index in [1.165, 1.54) is 71.1 Å². The minimum Gasteiger partial charge on any atom is -0.310 e. The van der Waals surface area contributed by atoms with Crippen molar-refractivity contribution in [1.82, 2.24) is 10.2 Å². The van der Waals surface area contributed by atoms with Crippen LogP contribution in [0.5, 0.6) is 0 Å². The van der Waals surface area contributed by atoms with E-state index < -0.39 is 0 Å². The second kappa shape index (κ2) is 6.59. The first-order chi connectivity index (χ1) is 9.81. The number of rotatable bonds is 3. The van der Waals surface area contributed by atoms with E-state index in [9.17, 15) is 0 Å². The molecule has 1 saturated carbocycles. The number of nitrogens with zero attached hydrogens (tertiary/aromatic N) is 1. The summed E-state index contributed by atoms with van der Waals surface area (Å²) in [6, 6.07) is 2.31. The van der Waals surface area contributed by atoms with Crippen LogP contribution in [-0.4, -0.2) is 30.1 Å². The number of nitrogens with one attached hydrogen (secondary N) is 1. The molecule has 1 N–H and O–H groups in total. The van der Waals surface area contributed by atoms with Crippen molar-refractivity contribution < 1.29 is 0 Å². The Balaban J connectivity index is 1.69. The van der Waals surface area contributed by atoms with E-state index >= 15 is 0 Å². The topological polar surface area (TPSA) is 15.3 Å². The van der Waals surface area contributed by atoms with Gasteiger partial charge in [0, 0.05) is 23.5 Å². The number of aryl methyl sites for hydroxylation is 1. The first-order valence-corrected chi connectivity index (χ1v) is 9.22. The van der Waals surface area contributed by atoms with Crippen molar-refractivity contribution in [3.63, 3.8) is 0 Å². The molecule has 0 bridgehead atoms. The van der Waals surface area contributed by atoms with Crippen LogP contribution in [0.15, 0.2) is 11.4 Å². The summed E-state index contributed by atoms with van der Waals surface area (Å²) in [6.07, 6.45) is 9.52. The van der Waals surface area contributed by atoms with Crippen LogP contribution in [0.3, 0.4) is 0 Å². The van der Waals surface area contributed by atoms with Crippen LogP contribution in [0.4, 0.5) is 0 Å². The van der Waals surface area contributed by atoms with Crippen molar-refractivity contribution in [2.75, 3.05) is 19.6 Å². The van der Waals surface area contributed by atoms with Gasteiger partial charge in [0.1, 0.15) is 0 Å². The van der Waals surface area contributed by atoms with Gasteiger partial charge in [-0.3, -0.25) is 4.90 Å². The smallest absolute Gasteiger partial charge is 0.0331 e. The first-order valence-electron chi connectivity index (χ1n) is 8.34. The summed E-state index contributed by atoms with van der Waals surface area (Å²) in [5.74, 6) is 0. The molecule has 2 nitrogen and oxygen atoms in total. The molecule has 2 fully saturated rings. The van der Waals surface area contributed by atoms with Gasteiger partial charge in [0.15, 0.2) is 0 Å². The van der Waals surface area contributed by atoms with Crippen LogP contribution in [0.25, 0.3) is 0 Å². The highest BCUT2D eigenvalue weighted by Gasteiger charge is 2.34. The van der Waals surface area contributed by atoms with E-state index in [2.05, 4.69) is 28.6 Å². The molecule has 20 heavy (non-hydrogen) atoms. The van der Waals surface area contributed by atoms with Crippen LogP contribution in [0, 0.1) is 0 Å². The predicted octanol–water partition coefficient (Wildman–Crippen LogP) is 3.81. The van der Waals surface area contributed by atoms with Crippen LogP contribution in [0.2, 0.25) is 0 Å². The van der Waals surface area contributed by atoms with Gasteiger partial charge in [-0.1, -0.05) is 26.2 Å². The second-order valence-corrected chi connectivity index (χ2v) is 7.56. The van der Waals surface area contributed by atoms with Gasteiger partial charge in [-0.2, -0.15) is 0 Å². The molecule has 0 aromatic carbocycles. The number of hydrogen-bond acceptors (Lipinski definition) is 3. The molecule has 0 atom stereocenters. The number of hydrogen-bond donors (Lipinski definition) is 1. The van der Waals surface area contributed by atoms with Crippen LogP contribution in [-0.2, 0) is 13.0 Å². The molecule has 1 aromatic rings. The summed E-state index contributed by atoms with van der Waals surface area (Å²) in [4.78, 5) is 4.32. The van der Waals surface area contributed by atoms with Gasteiger partial charge in [-0.25, -0.2) is 0 Å². The molecule has 1 aliphatic carbocycles. The van der Waals surface area contributed by atoms with Gasteiger partial charge in [-0.15, -0.1) is 11.3 Å². The lowest BCUT2D eigenvalue weighted by molar-refractivity contribution is 0.160. The first kappa shape index (κ1) is 14.6. The molecular weight excluding hydrogens is 264 g/mol. The minimum absolute atomic E-state index is 0.429. The molecule has 1 aliphatic heterocycles. The van der Waals surface area contributed by atoms with Gasteiger partial charge in [-0.05, 0) is 55.8 Å². The van der Waals surface area contributed by atoms with E-state index in [-0.39, 0.29) is 0 Å². The fourth-order valence-corrected chi connectivity index (χ4v) is 4.96. The summed E-state index contributed by atoms with van der Waals surface area (Å²) < 4.78 is 0. The van der Waals surface area contributed by atoms with Crippen LogP contribution >= 0.6 is 11.3 Å². The molecule has 0 unspecified atom stereocenters. The average molecular weight is 292 g/mol. The molecule has 2 aliphatic rings. The Bertz CT molecular complexity index is 420. The molecule has 3 rings (SSSR count). The minimum atomic E-state index is 0.429. The third-order valence-electron chi connectivity index (χ3n) is 5.07. The molecular formula is C17H28N2S. The lowest BCUT2D eigenvalue weighted by Crippen LogP contribution is -2.52. The van der Waals surface area contributed by atoms with Crippen molar-refractivity contribution in [3.8, 4) is 0 Å². The average Bonchev–Trinajstić information content (AvgIpc) is 2.83. The summed E-state index contributed by atoms with van der Waals surface area (Å²) in [5, 5.41) is 6.16. The molecule has 112 valence electrons. The van der Waals surface area contributed by atoms with Gasteiger partial charge < -0.3 is 5.32 Å². The van der Waals surface area contributed by atoms with Crippen molar-refractivity contribution in [2.45, 2.75) is 64.0 Å². The van der Waals surface area contributed by atoms with Crippen molar-refractivity contribution in [3.05, 3.63) is 21.9 Å². The summed E-state index contributed by atoms with van der Waals surface area (Å²) in [7, 11) is 0. The standard InChI is InChI=1S/C17H28N2S/c1-2-15-7-12-20-16(15)13-19-11-6-10-18-17(14-19)8-4-3-5-9-17/h7,12,18H,2-6,8-11,13-14H2,1H3. The number of thiophene rings is 1. The molecule has 1 aromatic heterocycles. The van der Waals surface area contributed by atoms with Crippen molar-refractivity contribution in [1.29, 1.82) is 0 Å². The molecule has 2 heterocycles. The van der Waals surface area contributed by atoms with Crippen molar-refractivity contribution >= 4 is 11.3 Å². The molecule has 3 heteroatoms. The Morgan fingerprint density at radius 3 is 2.90 bits per heavy atom. The largest absolute Gasteiger partial charge is 0.310 e. The maximum absolute atomic E-state index is 3.90. The van der Waals surface area contributed by atoms with E-state index in [0.717, 1.165) is 0 Å². The molecule has 0 radical (unpaired) electrons. The Morgan fingerprint density at radius 1 is 1.25 bits per heavy atom. The Hall–Kier alpha value is -0.380. The summed E-state index contributed by atoms with van der Waals surface area (Å²) in [6.45, 7) is 7.17. The summed E-state index contributed by atoms with van der Waals surface area (Å²) >= 11 is 1.95. The predicted molar refractivity (Wildman–Crippen MR) is 87.4 cm³/mol. The van der Waals surface area contributed by atoms with Gasteiger partial charge >= 0.3 is 0 Å². The zero-order valence-electron chi connectivity index (χ0n) is 12.8. The fourth-order valence-electron chi connectivity index (χ4n) is 3.94. The highest BCUT2D eigenvalue weighted by atomic mass is 32.1. The van der Waals surface area contributed by atoms with E-state index in [1.54, 1.807) is 10.4 Å². The fraction of sp³-hybridized carbons (Fsp3) is 0.765. The molecule has 0 amide bonds. The highest BCUT2D eigenvalue weighted by molar-refractivity contribution is 7.10. The Morgan fingerprint density at radius 2 is 2.10 bits per heavy atom. The Kier molecular flexibility index (Phi) is 4.79. The van der Waals surface area contributed by atoms with E-state index in [4.69, 9.17) is 0 Å². The second-order valence-electron chi connectivity index (χ2n) is 6.55.